The highest BCUT2D eigenvalue weighted by Gasteiger charge is 2.41. The van der Waals surface area contributed by atoms with Crippen molar-refractivity contribution in [2.75, 3.05) is 0 Å². The number of hydrogen-bond acceptors (Lipinski definition) is 3. The summed E-state index contributed by atoms with van der Waals surface area (Å²) < 4.78 is 13.0. The number of benzene rings is 1. The lowest BCUT2D eigenvalue weighted by atomic mass is 9.70. The Bertz CT molecular complexity index is 361. The van der Waals surface area contributed by atoms with E-state index in [0.29, 0.717) is 18.4 Å². The van der Waals surface area contributed by atoms with Crippen LogP contribution in [0, 0.1) is 5.82 Å². The third-order valence-electron chi connectivity index (χ3n) is 2.72. The van der Waals surface area contributed by atoms with Crippen LogP contribution in [0.15, 0.2) is 18.2 Å². The number of hydrogen-bond donors (Lipinski definition) is 3. The summed E-state index contributed by atoms with van der Waals surface area (Å²) in [6.07, 6.45) is 0.492. The van der Waals surface area contributed by atoms with E-state index in [2.05, 4.69) is 0 Å². The molecule has 0 saturated heterocycles. The lowest BCUT2D eigenvalue weighted by Gasteiger charge is -2.42. The number of rotatable bonds is 1. The minimum atomic E-state index is -0.672. The molecule has 1 aliphatic rings. The van der Waals surface area contributed by atoms with Gasteiger partial charge in [-0.25, -0.2) is 4.39 Å². The Labute approximate surface area is 81.0 Å². The van der Waals surface area contributed by atoms with Gasteiger partial charge in [-0.15, -0.1) is 0 Å². The molecule has 1 aromatic carbocycles. The molecule has 14 heavy (non-hydrogen) atoms. The van der Waals surface area contributed by atoms with Gasteiger partial charge in [0, 0.05) is 5.54 Å². The number of halogens is 1. The van der Waals surface area contributed by atoms with Gasteiger partial charge in [-0.05, 0) is 30.5 Å². The Hall–Kier alpha value is -1.13. The second-order valence-electron chi connectivity index (χ2n) is 3.88. The molecule has 1 aliphatic carbocycles. The first kappa shape index (κ1) is 9.43. The average molecular weight is 197 g/mol. The molecule has 0 heterocycles. The molecule has 2 rings (SSSR count). The van der Waals surface area contributed by atoms with Gasteiger partial charge >= 0.3 is 0 Å². The van der Waals surface area contributed by atoms with Gasteiger partial charge in [0.05, 0.1) is 6.10 Å². The summed E-state index contributed by atoms with van der Waals surface area (Å²) in [4.78, 5) is 0. The van der Waals surface area contributed by atoms with Gasteiger partial charge in [0.1, 0.15) is 0 Å². The first-order chi connectivity index (χ1) is 6.51. The largest absolute Gasteiger partial charge is 0.505 e. The maximum Gasteiger partial charge on any atom is 0.165 e. The summed E-state index contributed by atoms with van der Waals surface area (Å²) in [5.74, 6) is -1.05. The van der Waals surface area contributed by atoms with Gasteiger partial charge in [-0.3, -0.25) is 0 Å². The molecule has 76 valence electrons. The molecule has 0 aliphatic heterocycles. The van der Waals surface area contributed by atoms with Crippen LogP contribution in [0.5, 0.6) is 5.75 Å². The predicted octanol–water partition coefficient (Wildman–Crippen LogP) is 0.840. The molecular weight excluding hydrogens is 185 g/mol. The zero-order chi connectivity index (χ0) is 10.3. The Morgan fingerprint density at radius 2 is 2.07 bits per heavy atom. The molecule has 0 bridgehead atoms. The molecule has 3 nitrogen and oxygen atoms in total. The Kier molecular flexibility index (Phi) is 1.97. The number of phenolic OH excluding ortho intramolecular Hbond substituents is 1. The van der Waals surface area contributed by atoms with E-state index in [-0.39, 0.29) is 5.75 Å². The van der Waals surface area contributed by atoms with Crippen LogP contribution in [0.1, 0.15) is 18.4 Å². The summed E-state index contributed by atoms with van der Waals surface area (Å²) in [6.45, 7) is 0. The van der Waals surface area contributed by atoms with Crippen LogP contribution in [-0.2, 0) is 5.54 Å². The molecule has 0 radical (unpaired) electrons. The van der Waals surface area contributed by atoms with E-state index in [1.165, 1.54) is 12.1 Å². The van der Waals surface area contributed by atoms with Crippen molar-refractivity contribution in [1.29, 1.82) is 0 Å². The maximum absolute atomic E-state index is 13.0. The SMILES string of the molecule is NC1(c2ccc(O)c(F)c2)CC(O)C1. The Balaban J connectivity index is 2.29. The first-order valence-electron chi connectivity index (χ1n) is 4.47. The molecule has 0 aromatic heterocycles. The highest BCUT2D eigenvalue weighted by atomic mass is 19.1. The van der Waals surface area contributed by atoms with E-state index in [1.807, 2.05) is 0 Å². The number of phenols is 1. The molecule has 4 N–H and O–H groups in total. The number of aliphatic hydroxyl groups excluding tert-OH is 1. The second kappa shape index (κ2) is 2.93. The number of aromatic hydroxyl groups is 1. The van der Waals surface area contributed by atoms with Crippen molar-refractivity contribution >= 4 is 0 Å². The maximum atomic E-state index is 13.0. The van der Waals surface area contributed by atoms with Crippen LogP contribution in [0.25, 0.3) is 0 Å². The third kappa shape index (κ3) is 1.36. The Morgan fingerprint density at radius 1 is 1.43 bits per heavy atom. The zero-order valence-corrected chi connectivity index (χ0v) is 7.57. The molecule has 0 atom stereocenters. The van der Waals surface area contributed by atoms with E-state index >= 15 is 0 Å². The predicted molar refractivity (Wildman–Crippen MR) is 49.2 cm³/mol. The summed E-state index contributed by atoms with van der Waals surface area (Å²) in [5, 5.41) is 18.1. The van der Waals surface area contributed by atoms with Crippen LogP contribution >= 0.6 is 0 Å². The highest BCUT2D eigenvalue weighted by Crippen LogP contribution is 2.39. The van der Waals surface area contributed by atoms with Crippen LogP contribution < -0.4 is 5.73 Å². The molecule has 0 spiro atoms. The summed E-state index contributed by atoms with van der Waals surface area (Å²) in [5.41, 5.74) is 5.92. The number of nitrogens with two attached hydrogens (primary N) is 1. The van der Waals surface area contributed by atoms with E-state index in [4.69, 9.17) is 15.9 Å². The summed E-state index contributed by atoms with van der Waals surface area (Å²) in [7, 11) is 0. The first-order valence-corrected chi connectivity index (χ1v) is 4.47. The molecule has 0 unspecified atom stereocenters. The Morgan fingerprint density at radius 3 is 2.57 bits per heavy atom. The van der Waals surface area contributed by atoms with Gasteiger partial charge in [-0.2, -0.15) is 0 Å². The van der Waals surface area contributed by atoms with Crippen LogP contribution in [0.2, 0.25) is 0 Å². The lowest BCUT2D eigenvalue weighted by molar-refractivity contribution is 0.0208. The molecule has 1 aromatic rings. The van der Waals surface area contributed by atoms with Gasteiger partial charge in [0.2, 0.25) is 0 Å². The highest BCUT2D eigenvalue weighted by molar-refractivity contribution is 5.34. The van der Waals surface area contributed by atoms with Gasteiger partial charge in [-0.1, -0.05) is 6.07 Å². The van der Waals surface area contributed by atoms with Crippen molar-refractivity contribution in [1.82, 2.24) is 0 Å². The zero-order valence-electron chi connectivity index (χ0n) is 7.57. The molecule has 1 saturated carbocycles. The van der Waals surface area contributed by atoms with Crippen molar-refractivity contribution in [3.05, 3.63) is 29.6 Å². The quantitative estimate of drug-likeness (QED) is 0.625. The van der Waals surface area contributed by atoms with Crippen LogP contribution in [-0.4, -0.2) is 16.3 Å². The van der Waals surface area contributed by atoms with E-state index in [1.54, 1.807) is 6.07 Å². The van der Waals surface area contributed by atoms with E-state index in [0.717, 1.165) is 0 Å². The molecule has 0 amide bonds. The van der Waals surface area contributed by atoms with Gasteiger partial charge < -0.3 is 15.9 Å². The summed E-state index contributed by atoms with van der Waals surface area (Å²) >= 11 is 0. The van der Waals surface area contributed by atoms with Crippen molar-refractivity contribution in [3.8, 4) is 5.75 Å². The fourth-order valence-electron chi connectivity index (χ4n) is 1.83. The second-order valence-corrected chi connectivity index (χ2v) is 3.88. The van der Waals surface area contributed by atoms with Crippen molar-refractivity contribution in [3.63, 3.8) is 0 Å². The topological polar surface area (TPSA) is 66.5 Å². The van der Waals surface area contributed by atoms with E-state index in [9.17, 15) is 4.39 Å². The van der Waals surface area contributed by atoms with E-state index < -0.39 is 17.5 Å². The molecule has 1 fully saturated rings. The summed E-state index contributed by atoms with van der Waals surface area (Å²) in [6, 6.07) is 4.09. The van der Waals surface area contributed by atoms with Crippen LogP contribution in [0.4, 0.5) is 4.39 Å². The fourth-order valence-corrected chi connectivity index (χ4v) is 1.83. The fraction of sp³-hybridized carbons (Fsp3) is 0.400. The normalized spacial score (nSPS) is 31.2. The monoisotopic (exact) mass is 197 g/mol. The van der Waals surface area contributed by atoms with Crippen molar-refractivity contribution in [2.24, 2.45) is 5.73 Å². The third-order valence-corrected chi connectivity index (χ3v) is 2.72. The average Bonchev–Trinajstić information content (AvgIpc) is 2.07. The van der Waals surface area contributed by atoms with Crippen molar-refractivity contribution in [2.45, 2.75) is 24.5 Å². The standard InChI is InChI=1S/C10H12FNO2/c11-8-3-6(1-2-9(8)14)10(12)4-7(13)5-10/h1-3,7,13-14H,4-5,12H2. The smallest absolute Gasteiger partial charge is 0.165 e. The van der Waals surface area contributed by atoms with Crippen LogP contribution in [0.3, 0.4) is 0 Å². The minimum Gasteiger partial charge on any atom is -0.505 e. The molecular formula is C10H12FNO2. The van der Waals surface area contributed by atoms with Crippen molar-refractivity contribution < 1.29 is 14.6 Å². The van der Waals surface area contributed by atoms with Gasteiger partial charge in [0.25, 0.3) is 0 Å². The minimum absolute atomic E-state index is 0.378. The van der Waals surface area contributed by atoms with Gasteiger partial charge in [0.15, 0.2) is 11.6 Å². The lowest BCUT2D eigenvalue weighted by Crippen LogP contribution is -2.51. The number of aliphatic hydroxyl groups is 1. The molecule has 4 heteroatoms.